The summed E-state index contributed by atoms with van der Waals surface area (Å²) in [6, 6.07) is 7.76. The number of hydrogen-bond acceptors (Lipinski definition) is 7. The third kappa shape index (κ3) is 3.70. The molecule has 2 aromatic carbocycles. The van der Waals surface area contributed by atoms with Gasteiger partial charge in [-0.05, 0) is 12.1 Å². The van der Waals surface area contributed by atoms with E-state index in [1.165, 1.54) is 27.9 Å². The van der Waals surface area contributed by atoms with Crippen molar-refractivity contribution in [2.75, 3.05) is 59.7 Å². The van der Waals surface area contributed by atoms with Crippen LogP contribution >= 0.6 is 0 Å². The quantitative estimate of drug-likeness (QED) is 0.658. The summed E-state index contributed by atoms with van der Waals surface area (Å²) >= 11 is 0. The van der Waals surface area contributed by atoms with Gasteiger partial charge >= 0.3 is 0 Å². The van der Waals surface area contributed by atoms with Crippen LogP contribution in [0, 0.1) is 0 Å². The van der Waals surface area contributed by atoms with Gasteiger partial charge in [-0.1, -0.05) is 18.2 Å². The molecule has 9 nitrogen and oxygen atoms in total. The van der Waals surface area contributed by atoms with Crippen molar-refractivity contribution < 1.29 is 31.0 Å². The van der Waals surface area contributed by atoms with E-state index >= 15 is 0 Å². The molecular formula is C19H24N2O7S2. The van der Waals surface area contributed by atoms with Crippen LogP contribution in [0.1, 0.15) is 0 Å². The number of sulfonamides is 2. The lowest BCUT2D eigenvalue weighted by molar-refractivity contribution is 0.0729. The molecule has 0 amide bonds. The highest BCUT2D eigenvalue weighted by Gasteiger charge is 2.32. The lowest BCUT2D eigenvalue weighted by Crippen LogP contribution is -2.41. The van der Waals surface area contributed by atoms with Crippen LogP contribution in [-0.4, -0.2) is 85.2 Å². The number of morpholine rings is 2. The molecular weight excluding hydrogens is 432 g/mol. The fourth-order valence-electron chi connectivity index (χ4n) is 3.77. The predicted octanol–water partition coefficient (Wildman–Crippen LogP) is 0.890. The Kier molecular flexibility index (Phi) is 6.02. The molecule has 30 heavy (non-hydrogen) atoms. The summed E-state index contributed by atoms with van der Waals surface area (Å²) in [5, 5.41) is 0.850. The highest BCUT2D eigenvalue weighted by molar-refractivity contribution is 7.89. The average Bonchev–Trinajstić information content (AvgIpc) is 2.78. The van der Waals surface area contributed by atoms with Crippen molar-refractivity contribution in [3.05, 3.63) is 30.3 Å². The summed E-state index contributed by atoms with van der Waals surface area (Å²) in [5.41, 5.74) is 0. The lowest BCUT2D eigenvalue weighted by atomic mass is 10.1. The monoisotopic (exact) mass is 456 g/mol. The summed E-state index contributed by atoms with van der Waals surface area (Å²) in [6.07, 6.45) is 0. The zero-order valence-corrected chi connectivity index (χ0v) is 18.2. The molecule has 0 bridgehead atoms. The van der Waals surface area contributed by atoms with Crippen molar-refractivity contribution in [1.82, 2.24) is 8.61 Å². The highest BCUT2D eigenvalue weighted by Crippen LogP contribution is 2.37. The summed E-state index contributed by atoms with van der Waals surface area (Å²) < 4.78 is 71.6. The van der Waals surface area contributed by atoms with Crippen LogP contribution in [0.15, 0.2) is 40.1 Å². The number of methoxy groups -OCH3 is 1. The summed E-state index contributed by atoms with van der Waals surface area (Å²) in [6.45, 7) is 2.42. The number of rotatable bonds is 5. The number of nitrogens with zero attached hydrogens (tertiary/aromatic N) is 2. The summed E-state index contributed by atoms with van der Waals surface area (Å²) in [4.78, 5) is 0.135. The van der Waals surface area contributed by atoms with E-state index in [2.05, 4.69) is 0 Å². The lowest BCUT2D eigenvalue weighted by Gasteiger charge is -2.28. The molecule has 0 unspecified atom stereocenters. The zero-order chi connectivity index (χ0) is 21.4. The molecule has 0 radical (unpaired) electrons. The van der Waals surface area contributed by atoms with E-state index in [-0.39, 0.29) is 41.7 Å². The van der Waals surface area contributed by atoms with Crippen molar-refractivity contribution in [1.29, 1.82) is 0 Å². The van der Waals surface area contributed by atoms with E-state index in [1.54, 1.807) is 18.2 Å². The SMILES string of the molecule is COc1c(S(=O)(=O)N2CCOCC2)ccc2c(S(=O)(=O)N3CCOCC3)cccc12. The van der Waals surface area contributed by atoms with Crippen LogP contribution in [0.3, 0.4) is 0 Å². The van der Waals surface area contributed by atoms with E-state index in [0.717, 1.165) is 0 Å². The maximum absolute atomic E-state index is 13.2. The first-order valence-corrected chi connectivity index (χ1v) is 12.5. The maximum Gasteiger partial charge on any atom is 0.246 e. The fourth-order valence-corrected chi connectivity index (χ4v) is 6.96. The normalized spacial score (nSPS) is 19.8. The molecule has 0 saturated carbocycles. The van der Waals surface area contributed by atoms with Gasteiger partial charge in [0.25, 0.3) is 0 Å². The smallest absolute Gasteiger partial charge is 0.246 e. The second kappa shape index (κ2) is 8.40. The zero-order valence-electron chi connectivity index (χ0n) is 16.6. The maximum atomic E-state index is 13.2. The Hall–Kier alpha value is -1.76. The van der Waals surface area contributed by atoms with Gasteiger partial charge in [0.15, 0.2) is 0 Å². The fraction of sp³-hybridized carbons (Fsp3) is 0.474. The molecule has 0 aromatic heterocycles. The van der Waals surface area contributed by atoms with Crippen molar-refractivity contribution in [3.8, 4) is 5.75 Å². The highest BCUT2D eigenvalue weighted by atomic mass is 32.2. The van der Waals surface area contributed by atoms with E-state index in [0.29, 0.717) is 37.2 Å². The van der Waals surface area contributed by atoms with Gasteiger partial charge in [0.1, 0.15) is 10.6 Å². The molecule has 0 atom stereocenters. The number of ether oxygens (including phenoxy) is 3. The molecule has 2 aromatic rings. The molecule has 2 heterocycles. The topological polar surface area (TPSA) is 102 Å². The van der Waals surface area contributed by atoms with Gasteiger partial charge in [0.05, 0.1) is 38.4 Å². The first kappa shape index (κ1) is 21.5. The van der Waals surface area contributed by atoms with E-state index < -0.39 is 20.0 Å². The van der Waals surface area contributed by atoms with Crippen LogP contribution in [0.5, 0.6) is 5.75 Å². The van der Waals surface area contributed by atoms with Gasteiger partial charge in [-0.3, -0.25) is 0 Å². The van der Waals surface area contributed by atoms with Crippen LogP contribution < -0.4 is 4.74 Å². The third-order valence-corrected chi connectivity index (χ3v) is 9.19. The molecule has 2 aliphatic rings. The van der Waals surface area contributed by atoms with Crippen LogP contribution in [-0.2, 0) is 29.5 Å². The van der Waals surface area contributed by atoms with E-state index in [4.69, 9.17) is 14.2 Å². The Morgan fingerprint density at radius 2 is 1.27 bits per heavy atom. The third-order valence-electron chi connectivity index (χ3n) is 5.32. The van der Waals surface area contributed by atoms with Crippen LogP contribution in [0.25, 0.3) is 10.8 Å². The molecule has 0 aliphatic carbocycles. The Labute approximate surface area is 176 Å². The van der Waals surface area contributed by atoms with Crippen LogP contribution in [0.4, 0.5) is 0 Å². The first-order chi connectivity index (χ1) is 14.4. The summed E-state index contributed by atoms with van der Waals surface area (Å²) in [7, 11) is -6.19. The second-order valence-electron chi connectivity index (χ2n) is 6.98. The molecule has 2 aliphatic heterocycles. The standard InChI is InChI=1S/C19H24N2O7S2/c1-26-19-16-3-2-4-17(29(22,23)20-7-11-27-12-8-20)15(16)5-6-18(19)30(24,25)21-9-13-28-14-10-21/h2-6H,7-14H2,1H3. The van der Waals surface area contributed by atoms with Crippen LogP contribution in [0.2, 0.25) is 0 Å². The van der Waals surface area contributed by atoms with E-state index in [1.807, 2.05) is 0 Å². The molecule has 2 saturated heterocycles. The van der Waals surface area contributed by atoms with Crippen molar-refractivity contribution >= 4 is 30.8 Å². The van der Waals surface area contributed by atoms with Gasteiger partial charge in [-0.25, -0.2) is 16.8 Å². The Balaban J connectivity index is 1.84. The minimum absolute atomic E-state index is 0.0142. The molecule has 0 N–H and O–H groups in total. The first-order valence-electron chi connectivity index (χ1n) is 9.63. The van der Waals surface area contributed by atoms with Gasteiger partial charge in [-0.15, -0.1) is 0 Å². The molecule has 4 rings (SSSR count). The van der Waals surface area contributed by atoms with Gasteiger partial charge in [0.2, 0.25) is 20.0 Å². The summed E-state index contributed by atoms with van der Waals surface area (Å²) in [5.74, 6) is 0.137. The number of fused-ring (bicyclic) bond motifs is 1. The van der Waals surface area contributed by atoms with Crippen molar-refractivity contribution in [3.63, 3.8) is 0 Å². The number of hydrogen-bond donors (Lipinski definition) is 0. The predicted molar refractivity (Wildman–Crippen MR) is 110 cm³/mol. The largest absolute Gasteiger partial charge is 0.495 e. The average molecular weight is 457 g/mol. The number of benzene rings is 2. The second-order valence-corrected chi connectivity index (χ2v) is 10.8. The minimum atomic E-state index is -3.81. The Morgan fingerprint density at radius 3 is 1.80 bits per heavy atom. The van der Waals surface area contributed by atoms with Gasteiger partial charge in [0, 0.05) is 37.0 Å². The molecule has 2 fully saturated rings. The van der Waals surface area contributed by atoms with E-state index in [9.17, 15) is 16.8 Å². The molecule has 11 heteroatoms. The molecule has 164 valence electrons. The molecule has 0 spiro atoms. The van der Waals surface area contributed by atoms with Gasteiger partial charge < -0.3 is 14.2 Å². The van der Waals surface area contributed by atoms with Crippen molar-refractivity contribution in [2.45, 2.75) is 9.79 Å². The van der Waals surface area contributed by atoms with Gasteiger partial charge in [-0.2, -0.15) is 8.61 Å². The Bertz CT molecular complexity index is 1140. The van der Waals surface area contributed by atoms with Crippen molar-refractivity contribution in [2.24, 2.45) is 0 Å². The Morgan fingerprint density at radius 1 is 0.733 bits per heavy atom. The minimum Gasteiger partial charge on any atom is -0.495 e.